The minimum Gasteiger partial charge on any atom is -0.497 e. The van der Waals surface area contributed by atoms with Crippen molar-refractivity contribution in [2.24, 2.45) is 0 Å². The lowest BCUT2D eigenvalue weighted by Gasteiger charge is -2.25. The second-order valence-corrected chi connectivity index (χ2v) is 9.07. The first-order valence-electron chi connectivity index (χ1n) is 10.6. The number of nitrogen functional groups attached to an aromatic ring is 1. The Kier molecular flexibility index (Phi) is 6.77. The van der Waals surface area contributed by atoms with E-state index in [2.05, 4.69) is 53.2 Å². The lowest BCUT2D eigenvalue weighted by Crippen LogP contribution is -2.32. The van der Waals surface area contributed by atoms with Gasteiger partial charge in [-0.25, -0.2) is 0 Å². The summed E-state index contributed by atoms with van der Waals surface area (Å²) in [7, 11) is 1.66. The summed E-state index contributed by atoms with van der Waals surface area (Å²) in [6.07, 6.45) is 1.01. The Bertz CT molecular complexity index is 905. The molecule has 1 fully saturated rings. The average molecular weight is 426 g/mol. The number of hydrogen-bond donors (Lipinski definition) is 4. The smallest absolute Gasteiger partial charge is 0.227 e. The zero-order valence-corrected chi connectivity index (χ0v) is 19.2. The van der Waals surface area contributed by atoms with Crippen LogP contribution in [0.15, 0.2) is 36.5 Å². The molecule has 0 spiro atoms. The largest absolute Gasteiger partial charge is 0.497 e. The monoisotopic (exact) mass is 425 g/mol. The van der Waals surface area contributed by atoms with Crippen molar-refractivity contribution in [3.05, 3.63) is 42.1 Å². The van der Waals surface area contributed by atoms with Gasteiger partial charge in [0.1, 0.15) is 11.4 Å². The van der Waals surface area contributed by atoms with Crippen molar-refractivity contribution in [3.63, 3.8) is 0 Å². The number of ether oxygens (including phenoxy) is 1. The Morgan fingerprint density at radius 2 is 1.97 bits per heavy atom. The third-order valence-corrected chi connectivity index (χ3v) is 4.97. The van der Waals surface area contributed by atoms with E-state index in [1.165, 1.54) is 0 Å². The molecule has 0 amide bonds. The lowest BCUT2D eigenvalue weighted by atomic mass is 10.1. The van der Waals surface area contributed by atoms with E-state index in [-0.39, 0.29) is 5.54 Å². The summed E-state index contributed by atoms with van der Waals surface area (Å²) in [6, 6.07) is 8.26. The zero-order valence-electron chi connectivity index (χ0n) is 19.2. The van der Waals surface area contributed by atoms with Crippen molar-refractivity contribution in [2.75, 3.05) is 41.5 Å². The van der Waals surface area contributed by atoms with Crippen LogP contribution in [0.4, 0.5) is 23.3 Å². The zero-order chi connectivity index (χ0) is 22.6. The molecule has 0 bridgehead atoms. The molecule has 5 N–H and O–H groups in total. The third-order valence-electron chi connectivity index (χ3n) is 4.97. The number of allylic oxidation sites excluding steroid dienone is 1. The standard InChI is InChI=1S/C23H35N7O/c1-15(2)26-17-11-12-30(14-17)21-19(24)20(27-22(28-21)29-23(3,4)5)25-13-16-7-9-18(31-6)10-8-16/h7-10,17,26H,1,11-14,24H2,2-6H3,(H2,25,27,28,29). The summed E-state index contributed by atoms with van der Waals surface area (Å²) in [4.78, 5) is 11.6. The molecule has 2 heterocycles. The summed E-state index contributed by atoms with van der Waals surface area (Å²) in [6.45, 7) is 14.5. The number of benzene rings is 1. The van der Waals surface area contributed by atoms with E-state index >= 15 is 0 Å². The van der Waals surface area contributed by atoms with Crippen molar-refractivity contribution in [1.82, 2.24) is 15.3 Å². The van der Waals surface area contributed by atoms with Crippen molar-refractivity contribution in [1.29, 1.82) is 0 Å². The van der Waals surface area contributed by atoms with Crippen LogP contribution in [0.1, 0.15) is 39.7 Å². The number of rotatable bonds is 8. The van der Waals surface area contributed by atoms with Crippen molar-refractivity contribution in [2.45, 2.75) is 52.2 Å². The van der Waals surface area contributed by atoms with Gasteiger partial charge >= 0.3 is 0 Å². The predicted molar refractivity (Wildman–Crippen MR) is 129 cm³/mol. The molecule has 3 rings (SSSR count). The van der Waals surface area contributed by atoms with Gasteiger partial charge in [-0.3, -0.25) is 0 Å². The first kappa shape index (κ1) is 22.5. The SMILES string of the molecule is C=C(C)NC1CCN(c2nc(NC(C)(C)C)nc(NCc3ccc(OC)cc3)c2N)C1. The van der Waals surface area contributed by atoms with Crippen molar-refractivity contribution < 1.29 is 4.74 Å². The Hall–Kier alpha value is -3.16. The minimum atomic E-state index is -0.171. The fourth-order valence-electron chi connectivity index (χ4n) is 3.57. The highest BCUT2D eigenvalue weighted by molar-refractivity contribution is 5.77. The molecule has 0 radical (unpaired) electrons. The fraction of sp³-hybridized carbons (Fsp3) is 0.478. The summed E-state index contributed by atoms with van der Waals surface area (Å²) in [5.74, 6) is 2.77. The molecule has 8 heteroatoms. The molecule has 0 aliphatic carbocycles. The van der Waals surface area contributed by atoms with Crippen LogP contribution in [0, 0.1) is 0 Å². The molecule has 1 atom stereocenters. The van der Waals surface area contributed by atoms with E-state index in [9.17, 15) is 0 Å². The van der Waals surface area contributed by atoms with E-state index in [1.807, 2.05) is 31.2 Å². The van der Waals surface area contributed by atoms with E-state index in [0.29, 0.717) is 30.0 Å². The van der Waals surface area contributed by atoms with E-state index in [1.54, 1.807) is 7.11 Å². The van der Waals surface area contributed by atoms with E-state index < -0.39 is 0 Å². The maximum atomic E-state index is 6.54. The molecule has 1 aromatic carbocycles. The predicted octanol–water partition coefficient (Wildman–Crippen LogP) is 3.59. The topological polar surface area (TPSA) is 100 Å². The molecule has 1 unspecified atom stereocenters. The van der Waals surface area contributed by atoms with Gasteiger partial charge in [0.2, 0.25) is 5.95 Å². The number of nitrogens with two attached hydrogens (primary N) is 1. The first-order valence-corrected chi connectivity index (χ1v) is 10.6. The number of aromatic nitrogens is 2. The highest BCUT2D eigenvalue weighted by Crippen LogP contribution is 2.32. The van der Waals surface area contributed by atoms with Crippen LogP contribution in [0.2, 0.25) is 0 Å². The molecule has 0 saturated carbocycles. The van der Waals surface area contributed by atoms with E-state index in [4.69, 9.17) is 15.5 Å². The van der Waals surface area contributed by atoms with Crippen LogP contribution in [0.5, 0.6) is 5.75 Å². The van der Waals surface area contributed by atoms with Gasteiger partial charge in [-0.15, -0.1) is 0 Å². The number of methoxy groups -OCH3 is 1. The number of anilines is 4. The lowest BCUT2D eigenvalue weighted by molar-refractivity contribution is 0.414. The first-order chi connectivity index (χ1) is 14.6. The molecule has 1 saturated heterocycles. The normalized spacial score (nSPS) is 16.2. The molecular weight excluding hydrogens is 390 g/mol. The summed E-state index contributed by atoms with van der Waals surface area (Å²) >= 11 is 0. The van der Waals surface area contributed by atoms with Crippen LogP contribution < -0.4 is 31.3 Å². The Balaban J connectivity index is 1.84. The Morgan fingerprint density at radius 1 is 1.26 bits per heavy atom. The number of nitrogens with zero attached hydrogens (tertiary/aromatic N) is 3. The quantitative estimate of drug-likeness (QED) is 0.509. The molecule has 2 aromatic rings. The molecule has 31 heavy (non-hydrogen) atoms. The van der Waals surface area contributed by atoms with Gasteiger partial charge in [0, 0.05) is 36.9 Å². The third kappa shape index (κ3) is 6.16. The summed E-state index contributed by atoms with van der Waals surface area (Å²) < 4.78 is 5.23. The van der Waals surface area contributed by atoms with Crippen LogP contribution in [0.3, 0.4) is 0 Å². The second kappa shape index (κ2) is 9.32. The molecule has 1 aliphatic heterocycles. The maximum absolute atomic E-state index is 6.54. The van der Waals surface area contributed by atoms with Gasteiger partial charge < -0.3 is 31.3 Å². The highest BCUT2D eigenvalue weighted by atomic mass is 16.5. The summed E-state index contributed by atoms with van der Waals surface area (Å²) in [5.41, 5.74) is 9.01. The Labute approximate surface area is 185 Å². The maximum Gasteiger partial charge on any atom is 0.227 e. The van der Waals surface area contributed by atoms with Gasteiger partial charge in [0.05, 0.1) is 7.11 Å². The van der Waals surface area contributed by atoms with Crippen LogP contribution in [-0.4, -0.2) is 41.7 Å². The van der Waals surface area contributed by atoms with Crippen molar-refractivity contribution in [3.8, 4) is 5.75 Å². The average Bonchev–Trinajstić information content (AvgIpc) is 3.14. The summed E-state index contributed by atoms with van der Waals surface area (Å²) in [5, 5.41) is 10.2. The van der Waals surface area contributed by atoms with Crippen LogP contribution >= 0.6 is 0 Å². The van der Waals surface area contributed by atoms with E-state index in [0.717, 1.165) is 42.3 Å². The molecular formula is C23H35N7O. The molecule has 1 aromatic heterocycles. The van der Waals surface area contributed by atoms with Gasteiger partial charge in [-0.1, -0.05) is 18.7 Å². The van der Waals surface area contributed by atoms with Gasteiger partial charge in [0.25, 0.3) is 0 Å². The van der Waals surface area contributed by atoms with Crippen LogP contribution in [0.25, 0.3) is 0 Å². The fourth-order valence-corrected chi connectivity index (χ4v) is 3.57. The Morgan fingerprint density at radius 3 is 2.58 bits per heavy atom. The molecule has 8 nitrogen and oxygen atoms in total. The van der Waals surface area contributed by atoms with Gasteiger partial charge in [0.15, 0.2) is 11.6 Å². The van der Waals surface area contributed by atoms with Gasteiger partial charge in [-0.2, -0.15) is 9.97 Å². The minimum absolute atomic E-state index is 0.171. The molecule has 168 valence electrons. The highest BCUT2D eigenvalue weighted by Gasteiger charge is 2.27. The number of hydrogen-bond acceptors (Lipinski definition) is 8. The van der Waals surface area contributed by atoms with Gasteiger partial charge in [-0.05, 0) is 51.8 Å². The van der Waals surface area contributed by atoms with Crippen molar-refractivity contribution >= 4 is 23.3 Å². The van der Waals surface area contributed by atoms with Crippen LogP contribution in [-0.2, 0) is 6.54 Å². The molecule has 1 aliphatic rings. The second-order valence-electron chi connectivity index (χ2n) is 9.07. The number of nitrogens with one attached hydrogen (secondary N) is 3.